The number of nitrogen functional groups attached to an aromatic ring is 1. The number of nitrogens with two attached hydrogens (primary N) is 2. The first-order chi connectivity index (χ1) is 5.22. The highest BCUT2D eigenvalue weighted by Gasteiger charge is 2.01. The van der Waals surface area contributed by atoms with Crippen LogP contribution in [0.1, 0.15) is 6.92 Å². The monoisotopic (exact) mass is 155 g/mol. The highest BCUT2D eigenvalue weighted by atomic mass is 15.4. The first-order valence-corrected chi connectivity index (χ1v) is 3.58. The predicted molar refractivity (Wildman–Crippen MR) is 42.7 cm³/mol. The summed E-state index contributed by atoms with van der Waals surface area (Å²) in [4.78, 5) is 0. The molecule has 1 aromatic rings. The number of rotatable bonds is 3. The Morgan fingerprint density at radius 1 is 1.73 bits per heavy atom. The molecule has 5 nitrogen and oxygen atoms in total. The fourth-order valence-corrected chi connectivity index (χ4v) is 0.796. The molecule has 0 spiro atoms. The second-order valence-corrected chi connectivity index (χ2v) is 2.71. The largest absolute Gasteiger partial charge is 0.381 e. The van der Waals surface area contributed by atoms with Gasteiger partial charge in [0.15, 0.2) is 5.82 Å². The van der Waals surface area contributed by atoms with E-state index < -0.39 is 0 Å². The smallest absolute Gasteiger partial charge is 0.165 e. The molecular formula is C6H13N5. The van der Waals surface area contributed by atoms with Crippen LogP contribution >= 0.6 is 0 Å². The Labute approximate surface area is 65.4 Å². The molecule has 0 radical (unpaired) electrons. The molecule has 0 bridgehead atoms. The SMILES string of the molecule is CC(CN)Cn1cc(N)nn1. The van der Waals surface area contributed by atoms with Gasteiger partial charge >= 0.3 is 0 Å². The van der Waals surface area contributed by atoms with Crippen LogP contribution in [0.3, 0.4) is 0 Å². The number of nitrogens with zero attached hydrogens (tertiary/aromatic N) is 3. The molecule has 1 rings (SSSR count). The van der Waals surface area contributed by atoms with E-state index in [-0.39, 0.29) is 0 Å². The number of aromatic nitrogens is 3. The minimum absolute atomic E-state index is 0.413. The maximum Gasteiger partial charge on any atom is 0.165 e. The van der Waals surface area contributed by atoms with Crippen LogP contribution in [0.15, 0.2) is 6.20 Å². The molecule has 0 saturated carbocycles. The molecule has 0 saturated heterocycles. The lowest BCUT2D eigenvalue weighted by atomic mass is 10.2. The molecule has 4 N–H and O–H groups in total. The van der Waals surface area contributed by atoms with Crippen molar-refractivity contribution in [1.82, 2.24) is 15.0 Å². The van der Waals surface area contributed by atoms with Crippen molar-refractivity contribution in [2.24, 2.45) is 11.7 Å². The number of anilines is 1. The van der Waals surface area contributed by atoms with Crippen molar-refractivity contribution in [3.05, 3.63) is 6.20 Å². The molecule has 0 aliphatic rings. The van der Waals surface area contributed by atoms with E-state index in [4.69, 9.17) is 11.5 Å². The van der Waals surface area contributed by atoms with E-state index in [1.54, 1.807) is 10.9 Å². The van der Waals surface area contributed by atoms with Crippen LogP contribution in [0.4, 0.5) is 5.82 Å². The van der Waals surface area contributed by atoms with Gasteiger partial charge in [0.25, 0.3) is 0 Å². The molecule has 1 atom stereocenters. The lowest BCUT2D eigenvalue weighted by Crippen LogP contribution is -2.17. The highest BCUT2D eigenvalue weighted by Crippen LogP contribution is 1.98. The van der Waals surface area contributed by atoms with E-state index in [0.717, 1.165) is 6.54 Å². The molecule has 0 aromatic carbocycles. The standard InChI is InChI=1S/C6H13N5/c1-5(2-7)3-11-4-6(8)9-10-11/h4-5H,2-3,7-8H2,1H3. The quantitative estimate of drug-likeness (QED) is 0.613. The van der Waals surface area contributed by atoms with Crippen LogP contribution in [0.2, 0.25) is 0 Å². The second kappa shape index (κ2) is 3.34. The molecule has 1 aromatic heterocycles. The van der Waals surface area contributed by atoms with E-state index in [0.29, 0.717) is 18.3 Å². The van der Waals surface area contributed by atoms with Gasteiger partial charge in [-0.25, -0.2) is 0 Å². The van der Waals surface area contributed by atoms with Crippen molar-refractivity contribution in [2.75, 3.05) is 12.3 Å². The van der Waals surface area contributed by atoms with Gasteiger partial charge in [-0.3, -0.25) is 4.68 Å². The van der Waals surface area contributed by atoms with Crippen LogP contribution in [0, 0.1) is 5.92 Å². The summed E-state index contributed by atoms with van der Waals surface area (Å²) in [7, 11) is 0. The molecule has 1 unspecified atom stereocenters. The Kier molecular flexibility index (Phi) is 2.43. The molecule has 0 aliphatic carbocycles. The summed E-state index contributed by atoms with van der Waals surface area (Å²) in [5.74, 6) is 0.866. The zero-order chi connectivity index (χ0) is 8.27. The summed E-state index contributed by atoms with van der Waals surface area (Å²) in [6, 6.07) is 0. The van der Waals surface area contributed by atoms with Gasteiger partial charge < -0.3 is 11.5 Å². The Morgan fingerprint density at radius 2 is 2.45 bits per heavy atom. The molecule has 5 heteroatoms. The Morgan fingerprint density at radius 3 is 2.91 bits per heavy atom. The van der Waals surface area contributed by atoms with Gasteiger partial charge in [0.2, 0.25) is 0 Å². The van der Waals surface area contributed by atoms with Crippen molar-refractivity contribution in [2.45, 2.75) is 13.5 Å². The Hall–Kier alpha value is -1.10. The first kappa shape index (κ1) is 8.00. The Bertz CT molecular complexity index is 219. The summed E-state index contributed by atoms with van der Waals surface area (Å²) in [6.45, 7) is 3.48. The molecule has 11 heavy (non-hydrogen) atoms. The van der Waals surface area contributed by atoms with E-state index in [2.05, 4.69) is 17.2 Å². The zero-order valence-electron chi connectivity index (χ0n) is 6.57. The minimum Gasteiger partial charge on any atom is -0.381 e. The van der Waals surface area contributed by atoms with E-state index in [1.165, 1.54) is 0 Å². The van der Waals surface area contributed by atoms with Crippen molar-refractivity contribution < 1.29 is 0 Å². The minimum atomic E-state index is 0.413. The van der Waals surface area contributed by atoms with Gasteiger partial charge in [0, 0.05) is 6.54 Å². The summed E-state index contributed by atoms with van der Waals surface area (Å²) < 4.78 is 1.70. The summed E-state index contributed by atoms with van der Waals surface area (Å²) in [6.07, 6.45) is 1.70. The fourth-order valence-electron chi connectivity index (χ4n) is 0.796. The molecule has 0 amide bonds. The summed E-state index contributed by atoms with van der Waals surface area (Å²) in [5.41, 5.74) is 10.8. The van der Waals surface area contributed by atoms with Gasteiger partial charge in [-0.1, -0.05) is 12.1 Å². The topological polar surface area (TPSA) is 82.8 Å². The third-order valence-electron chi connectivity index (χ3n) is 1.46. The van der Waals surface area contributed by atoms with E-state index in [9.17, 15) is 0 Å². The zero-order valence-corrected chi connectivity index (χ0v) is 6.57. The highest BCUT2D eigenvalue weighted by molar-refractivity contribution is 5.19. The second-order valence-electron chi connectivity index (χ2n) is 2.71. The van der Waals surface area contributed by atoms with Crippen LogP contribution in [0.25, 0.3) is 0 Å². The lowest BCUT2D eigenvalue weighted by molar-refractivity contribution is 0.449. The predicted octanol–water partition coefficient (Wildman–Crippen LogP) is -0.545. The summed E-state index contributed by atoms with van der Waals surface area (Å²) >= 11 is 0. The van der Waals surface area contributed by atoms with Crippen LogP contribution in [0.5, 0.6) is 0 Å². The fraction of sp³-hybridized carbons (Fsp3) is 0.667. The average molecular weight is 155 g/mol. The lowest BCUT2D eigenvalue weighted by Gasteiger charge is -2.05. The number of hydrogen-bond donors (Lipinski definition) is 2. The van der Waals surface area contributed by atoms with Gasteiger partial charge in [-0.05, 0) is 12.5 Å². The van der Waals surface area contributed by atoms with Crippen molar-refractivity contribution in [3.63, 3.8) is 0 Å². The molecule has 1 heterocycles. The van der Waals surface area contributed by atoms with Gasteiger partial charge in [-0.2, -0.15) is 0 Å². The third-order valence-corrected chi connectivity index (χ3v) is 1.46. The van der Waals surface area contributed by atoms with E-state index in [1.807, 2.05) is 0 Å². The average Bonchev–Trinajstić information content (AvgIpc) is 2.35. The van der Waals surface area contributed by atoms with Crippen molar-refractivity contribution in [3.8, 4) is 0 Å². The van der Waals surface area contributed by atoms with E-state index >= 15 is 0 Å². The molecule has 62 valence electrons. The van der Waals surface area contributed by atoms with Crippen LogP contribution in [-0.4, -0.2) is 21.5 Å². The maximum absolute atomic E-state index is 5.43. The Balaban J connectivity index is 2.50. The molecular weight excluding hydrogens is 142 g/mol. The van der Waals surface area contributed by atoms with Gasteiger partial charge in [-0.15, -0.1) is 5.10 Å². The number of hydrogen-bond acceptors (Lipinski definition) is 4. The maximum atomic E-state index is 5.43. The molecule has 0 aliphatic heterocycles. The van der Waals surface area contributed by atoms with Crippen molar-refractivity contribution in [1.29, 1.82) is 0 Å². The van der Waals surface area contributed by atoms with Crippen LogP contribution in [-0.2, 0) is 6.54 Å². The van der Waals surface area contributed by atoms with Gasteiger partial charge in [0.05, 0.1) is 6.20 Å². The first-order valence-electron chi connectivity index (χ1n) is 3.58. The van der Waals surface area contributed by atoms with Crippen molar-refractivity contribution >= 4 is 5.82 Å². The van der Waals surface area contributed by atoms with Gasteiger partial charge in [0.1, 0.15) is 0 Å². The summed E-state index contributed by atoms with van der Waals surface area (Å²) in [5, 5.41) is 7.44. The van der Waals surface area contributed by atoms with Crippen LogP contribution < -0.4 is 11.5 Å². The molecule has 0 fully saturated rings. The third kappa shape index (κ3) is 2.19. The normalized spacial score (nSPS) is 13.3.